The first-order chi connectivity index (χ1) is 13.0. The SMILES string of the molecule is C[C@@H]1CCCCN1Cc1c(O)ccc2c(=O)c(-c3ccc(Br)cc3)coc12. The molecule has 0 spiro atoms. The lowest BCUT2D eigenvalue weighted by atomic mass is 10.0. The number of likely N-dealkylation sites (tertiary alicyclic amines) is 1. The lowest BCUT2D eigenvalue weighted by Crippen LogP contribution is -2.36. The Morgan fingerprint density at radius 1 is 1.19 bits per heavy atom. The van der Waals surface area contributed by atoms with Crippen molar-refractivity contribution in [2.24, 2.45) is 0 Å². The van der Waals surface area contributed by atoms with Crippen LogP contribution in [-0.2, 0) is 6.54 Å². The number of hydrogen-bond acceptors (Lipinski definition) is 4. The summed E-state index contributed by atoms with van der Waals surface area (Å²) in [5.41, 5.74) is 2.44. The van der Waals surface area contributed by atoms with Gasteiger partial charge < -0.3 is 9.52 Å². The molecule has 1 aliphatic heterocycles. The lowest BCUT2D eigenvalue weighted by Gasteiger charge is -2.33. The standard InChI is InChI=1S/C22H22BrNO3/c1-14-4-2-3-11-24(14)12-18-20(25)10-9-17-21(26)19(13-27-22(17)18)15-5-7-16(23)8-6-15/h5-10,13-14,25H,2-4,11-12H2,1H3/t14-/m1/s1. The third-order valence-electron chi connectivity index (χ3n) is 5.48. The van der Waals surface area contributed by atoms with E-state index >= 15 is 0 Å². The first kappa shape index (κ1) is 18.3. The van der Waals surface area contributed by atoms with Crippen LogP contribution >= 0.6 is 15.9 Å². The van der Waals surface area contributed by atoms with E-state index in [1.807, 2.05) is 24.3 Å². The van der Waals surface area contributed by atoms with Crippen molar-refractivity contribution in [2.75, 3.05) is 6.54 Å². The molecule has 1 aliphatic rings. The number of benzene rings is 2. The van der Waals surface area contributed by atoms with Gasteiger partial charge in [0, 0.05) is 17.1 Å². The predicted molar refractivity (Wildman–Crippen MR) is 111 cm³/mol. The summed E-state index contributed by atoms with van der Waals surface area (Å²) in [6.07, 6.45) is 5.07. The van der Waals surface area contributed by atoms with Crippen LogP contribution in [0.25, 0.3) is 22.1 Å². The molecule has 3 aromatic rings. The molecule has 2 aromatic carbocycles. The zero-order valence-corrected chi connectivity index (χ0v) is 16.8. The molecule has 0 amide bonds. The second-order valence-electron chi connectivity index (χ2n) is 7.24. The van der Waals surface area contributed by atoms with Crippen molar-refractivity contribution >= 4 is 26.9 Å². The summed E-state index contributed by atoms with van der Waals surface area (Å²) < 4.78 is 6.86. The van der Waals surface area contributed by atoms with Gasteiger partial charge in [-0.3, -0.25) is 9.69 Å². The maximum Gasteiger partial charge on any atom is 0.200 e. The van der Waals surface area contributed by atoms with Gasteiger partial charge in [0.15, 0.2) is 0 Å². The summed E-state index contributed by atoms with van der Waals surface area (Å²) in [6, 6.07) is 11.3. The molecule has 1 saturated heterocycles. The molecule has 1 aromatic heterocycles. The number of aromatic hydroxyl groups is 1. The highest BCUT2D eigenvalue weighted by atomic mass is 79.9. The Morgan fingerprint density at radius 2 is 1.96 bits per heavy atom. The van der Waals surface area contributed by atoms with Gasteiger partial charge in [0.1, 0.15) is 17.6 Å². The van der Waals surface area contributed by atoms with E-state index in [1.54, 1.807) is 12.1 Å². The Bertz CT molecular complexity index is 1030. The van der Waals surface area contributed by atoms with E-state index in [9.17, 15) is 9.90 Å². The van der Waals surface area contributed by atoms with E-state index in [2.05, 4.69) is 27.8 Å². The number of rotatable bonds is 3. The minimum Gasteiger partial charge on any atom is -0.507 e. The molecule has 5 heteroatoms. The van der Waals surface area contributed by atoms with E-state index in [-0.39, 0.29) is 11.2 Å². The molecule has 0 saturated carbocycles. The average molecular weight is 428 g/mol. The minimum absolute atomic E-state index is 0.0773. The first-order valence-corrected chi connectivity index (χ1v) is 10.1. The van der Waals surface area contributed by atoms with Crippen molar-refractivity contribution in [3.63, 3.8) is 0 Å². The lowest BCUT2D eigenvalue weighted by molar-refractivity contribution is 0.151. The summed E-state index contributed by atoms with van der Waals surface area (Å²) in [7, 11) is 0. The van der Waals surface area contributed by atoms with Crippen LogP contribution in [0.3, 0.4) is 0 Å². The highest BCUT2D eigenvalue weighted by molar-refractivity contribution is 9.10. The van der Waals surface area contributed by atoms with Gasteiger partial charge in [-0.05, 0) is 56.1 Å². The molecule has 4 rings (SSSR count). The molecule has 1 atom stereocenters. The summed E-state index contributed by atoms with van der Waals surface area (Å²) in [5, 5.41) is 10.9. The van der Waals surface area contributed by atoms with Gasteiger partial charge in [-0.15, -0.1) is 0 Å². The van der Waals surface area contributed by atoms with Crippen LogP contribution in [0.4, 0.5) is 0 Å². The summed E-state index contributed by atoms with van der Waals surface area (Å²) in [6.45, 7) is 3.80. The van der Waals surface area contributed by atoms with E-state index in [1.165, 1.54) is 12.7 Å². The zero-order chi connectivity index (χ0) is 19.0. The van der Waals surface area contributed by atoms with E-state index in [4.69, 9.17) is 4.42 Å². The summed E-state index contributed by atoms with van der Waals surface area (Å²) in [4.78, 5) is 15.4. The highest BCUT2D eigenvalue weighted by Gasteiger charge is 2.22. The third-order valence-corrected chi connectivity index (χ3v) is 6.01. The maximum atomic E-state index is 13.1. The van der Waals surface area contributed by atoms with Crippen LogP contribution in [0.15, 0.2) is 56.3 Å². The van der Waals surface area contributed by atoms with Crippen LogP contribution in [0.2, 0.25) is 0 Å². The topological polar surface area (TPSA) is 53.7 Å². The van der Waals surface area contributed by atoms with E-state index < -0.39 is 0 Å². The third kappa shape index (κ3) is 3.54. The zero-order valence-electron chi connectivity index (χ0n) is 15.2. The number of fused-ring (bicyclic) bond motifs is 1. The van der Waals surface area contributed by atoms with E-state index in [0.717, 1.165) is 29.4 Å². The van der Waals surface area contributed by atoms with Crippen LogP contribution in [0, 0.1) is 0 Å². The van der Waals surface area contributed by atoms with Crippen LogP contribution in [0.5, 0.6) is 5.75 Å². The van der Waals surface area contributed by atoms with Crippen molar-refractivity contribution in [1.82, 2.24) is 4.90 Å². The second-order valence-corrected chi connectivity index (χ2v) is 8.16. The Labute approximate surface area is 166 Å². The molecule has 0 unspecified atom stereocenters. The van der Waals surface area contributed by atoms with Crippen LogP contribution < -0.4 is 5.43 Å². The van der Waals surface area contributed by atoms with Crippen molar-refractivity contribution in [3.05, 3.63) is 62.9 Å². The van der Waals surface area contributed by atoms with E-state index in [0.29, 0.717) is 34.7 Å². The van der Waals surface area contributed by atoms with Crippen molar-refractivity contribution in [2.45, 2.75) is 38.8 Å². The number of phenolic OH excluding ortho intramolecular Hbond substituents is 1. The largest absolute Gasteiger partial charge is 0.507 e. The van der Waals surface area contributed by atoms with Gasteiger partial charge in [0.2, 0.25) is 5.43 Å². The molecular formula is C22H22BrNO3. The Hall–Kier alpha value is -2.11. The number of halogens is 1. The quantitative estimate of drug-likeness (QED) is 0.615. The average Bonchev–Trinajstić information content (AvgIpc) is 2.67. The molecule has 27 heavy (non-hydrogen) atoms. The van der Waals surface area contributed by atoms with Crippen LogP contribution in [0.1, 0.15) is 31.7 Å². The number of hydrogen-bond donors (Lipinski definition) is 1. The molecule has 4 nitrogen and oxygen atoms in total. The van der Waals surface area contributed by atoms with Crippen LogP contribution in [-0.4, -0.2) is 22.6 Å². The number of phenols is 1. The fourth-order valence-corrected chi connectivity index (χ4v) is 4.09. The maximum absolute atomic E-state index is 13.1. The fourth-order valence-electron chi connectivity index (χ4n) is 3.82. The second kappa shape index (κ2) is 7.49. The predicted octanol–water partition coefficient (Wildman–Crippen LogP) is 5.30. The molecular weight excluding hydrogens is 406 g/mol. The monoisotopic (exact) mass is 427 g/mol. The molecule has 0 radical (unpaired) electrons. The van der Waals surface area contributed by atoms with Gasteiger partial charge in [0.25, 0.3) is 0 Å². The van der Waals surface area contributed by atoms with Crippen molar-refractivity contribution < 1.29 is 9.52 Å². The first-order valence-electron chi connectivity index (χ1n) is 9.31. The summed E-state index contributed by atoms with van der Waals surface area (Å²) >= 11 is 3.41. The normalized spacial score (nSPS) is 18.1. The smallest absolute Gasteiger partial charge is 0.200 e. The Morgan fingerprint density at radius 3 is 2.70 bits per heavy atom. The van der Waals surface area contributed by atoms with Crippen molar-refractivity contribution in [1.29, 1.82) is 0 Å². The number of nitrogens with zero attached hydrogens (tertiary/aromatic N) is 1. The fraction of sp³-hybridized carbons (Fsp3) is 0.318. The summed E-state index contributed by atoms with van der Waals surface area (Å²) in [5.74, 6) is 0.180. The minimum atomic E-state index is -0.0773. The Kier molecular flexibility index (Phi) is 5.06. The molecule has 140 valence electrons. The number of piperidine rings is 1. The van der Waals surface area contributed by atoms with Crippen molar-refractivity contribution in [3.8, 4) is 16.9 Å². The molecule has 0 aliphatic carbocycles. The van der Waals surface area contributed by atoms with Gasteiger partial charge in [-0.1, -0.05) is 34.5 Å². The van der Waals surface area contributed by atoms with Gasteiger partial charge in [-0.2, -0.15) is 0 Å². The van der Waals surface area contributed by atoms with Gasteiger partial charge in [-0.25, -0.2) is 0 Å². The molecule has 1 N–H and O–H groups in total. The molecule has 2 heterocycles. The molecule has 0 bridgehead atoms. The molecule has 1 fully saturated rings. The highest BCUT2D eigenvalue weighted by Crippen LogP contribution is 2.31. The Balaban J connectivity index is 1.79. The van der Waals surface area contributed by atoms with Gasteiger partial charge >= 0.3 is 0 Å². The van der Waals surface area contributed by atoms with Gasteiger partial charge in [0.05, 0.1) is 16.5 Å².